The fourth-order valence-electron chi connectivity index (χ4n) is 1.80. The van der Waals surface area contributed by atoms with Crippen molar-refractivity contribution in [3.63, 3.8) is 0 Å². The van der Waals surface area contributed by atoms with Crippen LogP contribution < -0.4 is 4.90 Å². The lowest BCUT2D eigenvalue weighted by molar-refractivity contribution is -0.0944. The van der Waals surface area contributed by atoms with Crippen molar-refractivity contribution >= 4 is 5.82 Å². The number of hydrogen-bond donors (Lipinski definition) is 0. The Hall–Kier alpha value is -2.03. The van der Waals surface area contributed by atoms with E-state index in [0.29, 0.717) is 5.82 Å². The maximum atomic E-state index is 12.4. The Balaban J connectivity index is 2.15. The van der Waals surface area contributed by atoms with E-state index in [-0.39, 0.29) is 25.2 Å². The summed E-state index contributed by atoms with van der Waals surface area (Å²) in [6, 6.07) is 6.82. The van der Waals surface area contributed by atoms with Gasteiger partial charge in [-0.05, 0) is 18.6 Å². The van der Waals surface area contributed by atoms with Crippen LogP contribution in [0.25, 0.3) is 0 Å². The van der Waals surface area contributed by atoms with E-state index < -0.39 is 11.7 Å². The molecule has 1 aliphatic rings. The number of pyridine rings is 1. The van der Waals surface area contributed by atoms with Gasteiger partial charge in [-0.3, -0.25) is 0 Å². The molecule has 1 aromatic heterocycles. The van der Waals surface area contributed by atoms with E-state index in [1.54, 1.807) is 23.1 Å². The molecule has 0 radical (unpaired) electrons. The van der Waals surface area contributed by atoms with Gasteiger partial charge in [0.2, 0.25) is 0 Å². The topological polar surface area (TPSA) is 39.9 Å². The van der Waals surface area contributed by atoms with Crippen LogP contribution in [0.5, 0.6) is 0 Å². The maximum absolute atomic E-state index is 12.4. The molecule has 0 unspecified atom stereocenters. The lowest BCUT2D eigenvalue weighted by Gasteiger charge is -2.28. The van der Waals surface area contributed by atoms with Gasteiger partial charge in [-0.1, -0.05) is 12.1 Å². The number of aromatic nitrogens is 1. The second-order valence-corrected chi connectivity index (χ2v) is 3.92. The van der Waals surface area contributed by atoms with Crippen molar-refractivity contribution in [1.82, 2.24) is 4.98 Å². The average Bonchev–Trinajstić information content (AvgIpc) is 2.38. The zero-order chi connectivity index (χ0) is 13.2. The Morgan fingerprint density at radius 2 is 2.11 bits per heavy atom. The predicted molar refractivity (Wildman–Crippen MR) is 59.9 cm³/mol. The van der Waals surface area contributed by atoms with Gasteiger partial charge < -0.3 is 4.90 Å². The fraction of sp³-hybridized carbons (Fsp3) is 0.333. The minimum absolute atomic E-state index is 0.0536. The summed E-state index contributed by atoms with van der Waals surface area (Å²) in [6.07, 6.45) is -3.12. The molecule has 1 aromatic rings. The number of alkyl halides is 3. The minimum atomic E-state index is -4.24. The molecule has 0 bridgehead atoms. The van der Waals surface area contributed by atoms with E-state index in [0.717, 1.165) is 0 Å². The number of nitrogens with zero attached hydrogens (tertiary/aromatic N) is 3. The summed E-state index contributed by atoms with van der Waals surface area (Å²) in [4.78, 5) is 5.77. The van der Waals surface area contributed by atoms with Crippen LogP contribution in [0.3, 0.4) is 0 Å². The van der Waals surface area contributed by atoms with Crippen molar-refractivity contribution in [1.29, 1.82) is 5.26 Å². The predicted octanol–water partition coefficient (Wildman–Crippen LogP) is 2.65. The molecule has 18 heavy (non-hydrogen) atoms. The Bertz CT molecular complexity index is 514. The van der Waals surface area contributed by atoms with Crippen LogP contribution in [-0.4, -0.2) is 24.2 Å². The standard InChI is InChI=1S/C12H10F3N3/c13-12(14,15)9-4-6-18(7-5-9)11-3-1-2-10(8-16)17-11/h1-4H,5-7H2. The first-order valence-corrected chi connectivity index (χ1v) is 5.39. The van der Waals surface area contributed by atoms with Gasteiger partial charge in [-0.25, -0.2) is 4.98 Å². The largest absolute Gasteiger partial charge is 0.412 e. The summed E-state index contributed by atoms with van der Waals surface area (Å²) >= 11 is 0. The van der Waals surface area contributed by atoms with E-state index >= 15 is 0 Å². The van der Waals surface area contributed by atoms with Gasteiger partial charge in [-0.15, -0.1) is 0 Å². The Labute approximate surface area is 102 Å². The number of nitriles is 1. The molecule has 2 heterocycles. The summed E-state index contributed by atoms with van der Waals surface area (Å²) in [5, 5.41) is 8.72. The van der Waals surface area contributed by atoms with Gasteiger partial charge in [0.1, 0.15) is 17.6 Å². The van der Waals surface area contributed by atoms with Crippen LogP contribution in [0.2, 0.25) is 0 Å². The Morgan fingerprint density at radius 3 is 2.67 bits per heavy atom. The van der Waals surface area contributed by atoms with Crippen LogP contribution >= 0.6 is 0 Å². The minimum Gasteiger partial charge on any atom is -0.353 e. The molecule has 0 spiro atoms. The molecule has 0 fully saturated rings. The number of hydrogen-bond acceptors (Lipinski definition) is 3. The number of rotatable bonds is 1. The third kappa shape index (κ3) is 2.62. The third-order valence-electron chi connectivity index (χ3n) is 2.75. The van der Waals surface area contributed by atoms with Crippen molar-refractivity contribution < 1.29 is 13.2 Å². The van der Waals surface area contributed by atoms with Crippen LogP contribution in [0, 0.1) is 11.3 Å². The molecule has 0 saturated carbocycles. The van der Waals surface area contributed by atoms with Crippen molar-refractivity contribution in [2.75, 3.05) is 18.0 Å². The van der Waals surface area contributed by atoms with Gasteiger partial charge >= 0.3 is 6.18 Å². The molecule has 0 saturated heterocycles. The average molecular weight is 253 g/mol. The van der Waals surface area contributed by atoms with E-state index in [2.05, 4.69) is 4.98 Å². The van der Waals surface area contributed by atoms with Gasteiger partial charge in [-0.2, -0.15) is 18.4 Å². The summed E-state index contributed by atoms with van der Waals surface area (Å²) in [5.74, 6) is 0.534. The summed E-state index contributed by atoms with van der Waals surface area (Å²) < 4.78 is 37.3. The van der Waals surface area contributed by atoms with Crippen molar-refractivity contribution in [3.05, 3.63) is 35.5 Å². The Kier molecular flexibility index (Phi) is 3.24. The molecule has 0 aromatic carbocycles. The van der Waals surface area contributed by atoms with Crippen molar-refractivity contribution in [3.8, 4) is 6.07 Å². The molecule has 0 amide bonds. The van der Waals surface area contributed by atoms with Crippen LogP contribution in [0.4, 0.5) is 19.0 Å². The zero-order valence-electron chi connectivity index (χ0n) is 9.41. The van der Waals surface area contributed by atoms with Gasteiger partial charge in [0.05, 0.1) is 0 Å². The highest BCUT2D eigenvalue weighted by Crippen LogP contribution is 2.31. The van der Waals surface area contributed by atoms with Gasteiger partial charge in [0, 0.05) is 18.7 Å². The molecular formula is C12H10F3N3. The second-order valence-electron chi connectivity index (χ2n) is 3.92. The molecule has 0 aliphatic carbocycles. The van der Waals surface area contributed by atoms with Crippen LogP contribution in [0.1, 0.15) is 12.1 Å². The van der Waals surface area contributed by atoms with Gasteiger partial charge in [0.15, 0.2) is 0 Å². The molecule has 0 N–H and O–H groups in total. The van der Waals surface area contributed by atoms with Crippen molar-refractivity contribution in [2.45, 2.75) is 12.6 Å². The fourth-order valence-corrected chi connectivity index (χ4v) is 1.80. The summed E-state index contributed by atoms with van der Waals surface area (Å²) in [5.41, 5.74) is -0.228. The third-order valence-corrected chi connectivity index (χ3v) is 2.75. The molecule has 0 atom stereocenters. The molecule has 94 valence electrons. The zero-order valence-corrected chi connectivity index (χ0v) is 9.41. The summed E-state index contributed by atoms with van der Waals surface area (Å²) in [7, 11) is 0. The van der Waals surface area contributed by atoms with E-state index in [4.69, 9.17) is 5.26 Å². The van der Waals surface area contributed by atoms with Crippen LogP contribution in [0.15, 0.2) is 29.8 Å². The van der Waals surface area contributed by atoms with E-state index in [1.807, 2.05) is 6.07 Å². The van der Waals surface area contributed by atoms with E-state index in [1.165, 1.54) is 6.08 Å². The molecule has 2 rings (SSSR count). The first-order valence-electron chi connectivity index (χ1n) is 5.39. The highest BCUT2D eigenvalue weighted by atomic mass is 19.4. The molecule has 6 heteroatoms. The lowest BCUT2D eigenvalue weighted by Crippen LogP contribution is -2.32. The number of anilines is 1. The van der Waals surface area contributed by atoms with Crippen LogP contribution in [-0.2, 0) is 0 Å². The second kappa shape index (κ2) is 4.69. The quantitative estimate of drug-likeness (QED) is 0.722. The number of halogens is 3. The summed E-state index contributed by atoms with van der Waals surface area (Å²) in [6.45, 7) is 0.421. The molecule has 3 nitrogen and oxygen atoms in total. The SMILES string of the molecule is N#Cc1cccc(N2CC=C(C(F)(F)F)CC2)n1. The Morgan fingerprint density at radius 1 is 1.33 bits per heavy atom. The molecule has 1 aliphatic heterocycles. The first-order chi connectivity index (χ1) is 8.50. The van der Waals surface area contributed by atoms with Gasteiger partial charge in [0.25, 0.3) is 0 Å². The first kappa shape index (κ1) is 12.4. The van der Waals surface area contributed by atoms with Crippen molar-refractivity contribution in [2.24, 2.45) is 0 Å². The van der Waals surface area contributed by atoms with E-state index in [9.17, 15) is 13.2 Å². The lowest BCUT2D eigenvalue weighted by atomic mass is 10.1. The highest BCUT2D eigenvalue weighted by Gasteiger charge is 2.34. The molecular weight excluding hydrogens is 243 g/mol. The smallest absolute Gasteiger partial charge is 0.353 e. The maximum Gasteiger partial charge on any atom is 0.412 e. The normalized spacial score (nSPS) is 16.1. The monoisotopic (exact) mass is 253 g/mol. The highest BCUT2D eigenvalue weighted by molar-refractivity contribution is 5.44.